The number of imidazole rings is 1. The number of aryl methyl sites for hydroxylation is 1. The molecule has 3 N–H and O–H groups in total. The van der Waals surface area contributed by atoms with Crippen LogP contribution in [-0.2, 0) is 6.54 Å². The van der Waals surface area contributed by atoms with Gasteiger partial charge in [-0.2, -0.15) is 5.10 Å². The predicted molar refractivity (Wildman–Crippen MR) is 147 cm³/mol. The van der Waals surface area contributed by atoms with E-state index in [0.717, 1.165) is 48.2 Å². The fourth-order valence-corrected chi connectivity index (χ4v) is 5.72. The Hall–Kier alpha value is -4.01. The molecule has 1 aromatic carbocycles. The topological polar surface area (TPSA) is 123 Å². The number of benzene rings is 1. The van der Waals surface area contributed by atoms with E-state index in [4.69, 9.17) is 15.7 Å². The number of nitrogens with zero attached hydrogens (tertiary/aromatic N) is 5. The molecule has 0 radical (unpaired) electrons. The number of hydrogen-bond donors (Lipinski definition) is 2. The van der Waals surface area contributed by atoms with Gasteiger partial charge in [-0.05, 0) is 49.8 Å². The highest BCUT2D eigenvalue weighted by molar-refractivity contribution is 6.00. The highest BCUT2D eigenvalue weighted by Crippen LogP contribution is 2.42. The maximum absolute atomic E-state index is 12.8. The van der Waals surface area contributed by atoms with Crippen molar-refractivity contribution >= 4 is 23.0 Å². The van der Waals surface area contributed by atoms with Gasteiger partial charge in [-0.25, -0.2) is 9.97 Å². The number of rotatable bonds is 7. The van der Waals surface area contributed by atoms with Gasteiger partial charge >= 0.3 is 0 Å². The van der Waals surface area contributed by atoms with E-state index in [-0.39, 0.29) is 11.8 Å². The predicted octanol–water partition coefficient (Wildman–Crippen LogP) is 4.60. The van der Waals surface area contributed by atoms with Crippen molar-refractivity contribution < 1.29 is 9.59 Å². The number of hydrogen-bond acceptors (Lipinski definition) is 5. The van der Waals surface area contributed by atoms with Gasteiger partial charge in [0.2, 0.25) is 0 Å². The standard InChI is InChI=1S/C29H35N7O2/c1-5-36-25(26(30)37)21(16-31-36)24(18-12-10-17(2)11-13-18)28-33-23-15-14-22(32-27(23)34-28)19-8-6-7-9-20(19)29(38)35(3)4/h6-9,14-18,24H,5,10-13H2,1-4H3,(H2,30,37)(H,32,33,34)/t17?,18?,24-/m0/s1. The van der Waals surface area contributed by atoms with Crippen LogP contribution in [0.1, 0.15) is 77.7 Å². The normalized spacial score (nSPS) is 18.4. The van der Waals surface area contributed by atoms with Crippen LogP contribution >= 0.6 is 0 Å². The number of pyridine rings is 1. The molecule has 0 unspecified atom stereocenters. The number of nitrogens with two attached hydrogens (primary N) is 1. The third-order valence-corrected chi connectivity index (χ3v) is 7.77. The van der Waals surface area contributed by atoms with Gasteiger partial charge in [-0.15, -0.1) is 0 Å². The van der Waals surface area contributed by atoms with Crippen LogP contribution in [0.25, 0.3) is 22.4 Å². The van der Waals surface area contributed by atoms with Gasteiger partial charge in [-0.3, -0.25) is 14.3 Å². The molecule has 9 nitrogen and oxygen atoms in total. The number of carbonyl (C=O) groups is 2. The third kappa shape index (κ3) is 4.68. The molecule has 4 aromatic rings. The first-order valence-electron chi connectivity index (χ1n) is 13.3. The lowest BCUT2D eigenvalue weighted by Gasteiger charge is -2.31. The summed E-state index contributed by atoms with van der Waals surface area (Å²) in [6.07, 6.45) is 6.12. The monoisotopic (exact) mass is 513 g/mol. The molecule has 0 bridgehead atoms. The number of amides is 2. The Morgan fingerprint density at radius 3 is 2.53 bits per heavy atom. The Labute approximate surface area is 222 Å². The van der Waals surface area contributed by atoms with Crippen molar-refractivity contribution in [3.8, 4) is 11.3 Å². The first-order chi connectivity index (χ1) is 18.3. The molecule has 198 valence electrons. The molecule has 3 aromatic heterocycles. The second-order valence-corrected chi connectivity index (χ2v) is 10.6. The Bertz CT molecular complexity index is 1480. The summed E-state index contributed by atoms with van der Waals surface area (Å²) in [7, 11) is 3.48. The maximum Gasteiger partial charge on any atom is 0.267 e. The van der Waals surface area contributed by atoms with Gasteiger partial charge in [0.15, 0.2) is 5.65 Å². The fraction of sp³-hybridized carbons (Fsp3) is 0.414. The molecular weight excluding hydrogens is 478 g/mol. The summed E-state index contributed by atoms with van der Waals surface area (Å²) in [6, 6.07) is 11.3. The zero-order valence-electron chi connectivity index (χ0n) is 22.4. The van der Waals surface area contributed by atoms with E-state index in [1.165, 1.54) is 0 Å². The van der Waals surface area contributed by atoms with Crippen LogP contribution in [0, 0.1) is 11.8 Å². The zero-order chi connectivity index (χ0) is 27.0. The lowest BCUT2D eigenvalue weighted by atomic mass is 9.73. The van der Waals surface area contributed by atoms with Gasteiger partial charge in [0.25, 0.3) is 11.8 Å². The van der Waals surface area contributed by atoms with Gasteiger partial charge in [0, 0.05) is 43.2 Å². The van der Waals surface area contributed by atoms with Crippen molar-refractivity contribution in [2.24, 2.45) is 17.6 Å². The summed E-state index contributed by atoms with van der Waals surface area (Å²) in [5, 5.41) is 4.48. The molecule has 1 aliphatic carbocycles. The minimum Gasteiger partial charge on any atom is -0.364 e. The Morgan fingerprint density at radius 1 is 1.11 bits per heavy atom. The summed E-state index contributed by atoms with van der Waals surface area (Å²) in [5.41, 5.74) is 10.5. The van der Waals surface area contributed by atoms with Gasteiger partial charge in [-0.1, -0.05) is 38.0 Å². The Kier molecular flexibility index (Phi) is 7.01. The smallest absolute Gasteiger partial charge is 0.267 e. The SMILES string of the molecule is CCn1ncc([C@@H](c2nc3nc(-c4ccccc4C(=O)N(C)C)ccc3[nH]2)C2CCC(C)CC2)c1C(N)=O. The van der Waals surface area contributed by atoms with E-state index in [2.05, 4.69) is 17.0 Å². The molecule has 5 rings (SSSR count). The van der Waals surface area contributed by atoms with Crippen LogP contribution in [0.4, 0.5) is 0 Å². The molecule has 0 saturated heterocycles. The van der Waals surface area contributed by atoms with E-state index in [0.29, 0.717) is 41.0 Å². The summed E-state index contributed by atoms with van der Waals surface area (Å²) >= 11 is 0. The van der Waals surface area contributed by atoms with Crippen molar-refractivity contribution in [3.05, 3.63) is 65.2 Å². The number of aromatic nitrogens is 5. The first-order valence-corrected chi connectivity index (χ1v) is 13.3. The molecule has 38 heavy (non-hydrogen) atoms. The largest absolute Gasteiger partial charge is 0.364 e. The van der Waals surface area contributed by atoms with Crippen LogP contribution < -0.4 is 5.73 Å². The number of primary amides is 1. The summed E-state index contributed by atoms with van der Waals surface area (Å²) in [4.78, 5) is 40.2. The van der Waals surface area contributed by atoms with Crippen LogP contribution in [0.5, 0.6) is 0 Å². The van der Waals surface area contributed by atoms with E-state index < -0.39 is 5.91 Å². The van der Waals surface area contributed by atoms with Crippen molar-refractivity contribution in [1.82, 2.24) is 29.6 Å². The fourth-order valence-electron chi connectivity index (χ4n) is 5.72. The highest BCUT2D eigenvalue weighted by Gasteiger charge is 2.35. The molecule has 2 amide bonds. The maximum atomic E-state index is 12.8. The van der Waals surface area contributed by atoms with E-state index >= 15 is 0 Å². The average Bonchev–Trinajstić information content (AvgIpc) is 3.53. The molecule has 9 heteroatoms. The number of nitrogens with one attached hydrogen (secondary N) is 1. The van der Waals surface area contributed by atoms with Crippen molar-refractivity contribution in [2.75, 3.05) is 14.1 Å². The lowest BCUT2D eigenvalue weighted by molar-refractivity contribution is 0.0828. The Balaban J connectivity index is 1.61. The lowest BCUT2D eigenvalue weighted by Crippen LogP contribution is -2.25. The summed E-state index contributed by atoms with van der Waals surface area (Å²) < 4.78 is 1.67. The van der Waals surface area contributed by atoms with E-state index in [1.807, 2.05) is 43.3 Å². The number of fused-ring (bicyclic) bond motifs is 1. The van der Waals surface area contributed by atoms with Crippen LogP contribution in [0.15, 0.2) is 42.6 Å². The number of aromatic amines is 1. The zero-order valence-corrected chi connectivity index (χ0v) is 22.4. The molecule has 1 aliphatic rings. The minimum atomic E-state index is -0.479. The van der Waals surface area contributed by atoms with Gasteiger partial charge < -0.3 is 15.6 Å². The third-order valence-electron chi connectivity index (χ3n) is 7.77. The molecule has 1 atom stereocenters. The molecule has 0 aliphatic heterocycles. The van der Waals surface area contributed by atoms with Crippen molar-refractivity contribution in [3.63, 3.8) is 0 Å². The molecular formula is C29H35N7O2. The first kappa shape index (κ1) is 25.6. The van der Waals surface area contributed by atoms with E-state index in [9.17, 15) is 9.59 Å². The van der Waals surface area contributed by atoms with Crippen LogP contribution in [0.3, 0.4) is 0 Å². The Morgan fingerprint density at radius 2 is 1.84 bits per heavy atom. The van der Waals surface area contributed by atoms with Crippen LogP contribution in [0.2, 0.25) is 0 Å². The van der Waals surface area contributed by atoms with Crippen molar-refractivity contribution in [2.45, 2.75) is 52.0 Å². The molecule has 0 spiro atoms. The quantitative estimate of drug-likeness (QED) is 0.374. The van der Waals surface area contributed by atoms with Crippen molar-refractivity contribution in [1.29, 1.82) is 0 Å². The van der Waals surface area contributed by atoms with Gasteiger partial charge in [0.05, 0.1) is 17.4 Å². The number of H-pyrrole nitrogens is 1. The second-order valence-electron chi connectivity index (χ2n) is 10.6. The molecule has 3 heterocycles. The minimum absolute atomic E-state index is 0.0799. The van der Waals surface area contributed by atoms with Gasteiger partial charge in [0.1, 0.15) is 11.5 Å². The number of carbonyl (C=O) groups excluding carboxylic acids is 2. The molecule has 1 fully saturated rings. The highest BCUT2D eigenvalue weighted by atomic mass is 16.2. The molecule has 1 saturated carbocycles. The summed E-state index contributed by atoms with van der Waals surface area (Å²) in [6.45, 7) is 4.80. The van der Waals surface area contributed by atoms with E-state index in [1.54, 1.807) is 29.9 Å². The second kappa shape index (κ2) is 10.4. The average molecular weight is 514 g/mol. The summed E-state index contributed by atoms with van der Waals surface area (Å²) in [5.74, 6) is 1.05. The van der Waals surface area contributed by atoms with Crippen LogP contribution in [-0.4, -0.2) is 55.5 Å².